The summed E-state index contributed by atoms with van der Waals surface area (Å²) in [6.07, 6.45) is 0. The fourth-order valence-corrected chi connectivity index (χ4v) is 4.07. The molecule has 1 aliphatic rings. The van der Waals surface area contributed by atoms with Crippen LogP contribution in [0.25, 0.3) is 0 Å². The van der Waals surface area contributed by atoms with E-state index >= 15 is 0 Å². The number of halogens is 2. The van der Waals surface area contributed by atoms with Gasteiger partial charge in [0.25, 0.3) is 5.91 Å². The lowest BCUT2D eigenvalue weighted by Crippen LogP contribution is -2.38. The van der Waals surface area contributed by atoms with Crippen LogP contribution in [-0.2, 0) is 17.9 Å². The molecule has 0 saturated heterocycles. The Kier molecular flexibility index (Phi) is 6.15. The van der Waals surface area contributed by atoms with Crippen molar-refractivity contribution in [3.63, 3.8) is 0 Å². The Bertz CT molecular complexity index is 1160. The fraction of sp³-hybridized carbons (Fsp3) is 0.200. The lowest BCUT2D eigenvalue weighted by Gasteiger charge is -2.25. The molecule has 1 aliphatic heterocycles. The zero-order valence-electron chi connectivity index (χ0n) is 17.8. The van der Waals surface area contributed by atoms with E-state index in [0.29, 0.717) is 23.2 Å². The lowest BCUT2D eigenvalue weighted by molar-refractivity contribution is -0.125. The zero-order chi connectivity index (χ0) is 22.8. The van der Waals surface area contributed by atoms with Crippen molar-refractivity contribution in [1.29, 1.82) is 0 Å². The van der Waals surface area contributed by atoms with E-state index in [1.165, 1.54) is 23.1 Å². The summed E-state index contributed by atoms with van der Waals surface area (Å²) < 4.78 is 13.5. The number of hydrogen-bond donors (Lipinski definition) is 1. The van der Waals surface area contributed by atoms with Crippen LogP contribution in [-0.4, -0.2) is 30.8 Å². The van der Waals surface area contributed by atoms with E-state index in [1.54, 1.807) is 24.3 Å². The van der Waals surface area contributed by atoms with Crippen molar-refractivity contribution < 1.29 is 14.0 Å². The molecule has 3 aromatic carbocycles. The zero-order valence-corrected chi connectivity index (χ0v) is 18.6. The second kappa shape index (κ2) is 9.01. The van der Waals surface area contributed by atoms with Crippen LogP contribution in [0.3, 0.4) is 0 Å². The average molecular weight is 452 g/mol. The van der Waals surface area contributed by atoms with Crippen LogP contribution in [0, 0.1) is 5.82 Å². The summed E-state index contributed by atoms with van der Waals surface area (Å²) in [6.45, 7) is 0.437. The molecule has 0 aromatic heterocycles. The van der Waals surface area contributed by atoms with E-state index in [-0.39, 0.29) is 23.4 Å². The van der Waals surface area contributed by atoms with Crippen LogP contribution in [0.5, 0.6) is 0 Å². The van der Waals surface area contributed by atoms with Crippen LogP contribution < -0.4 is 10.2 Å². The van der Waals surface area contributed by atoms with Gasteiger partial charge in [0, 0.05) is 43.5 Å². The van der Waals surface area contributed by atoms with Crippen molar-refractivity contribution in [2.24, 2.45) is 0 Å². The van der Waals surface area contributed by atoms with Gasteiger partial charge < -0.3 is 15.1 Å². The minimum absolute atomic E-state index is 0.0994. The minimum Gasteiger partial charge on any atom is -0.378 e. The predicted octanol–water partition coefficient (Wildman–Crippen LogP) is 4.56. The van der Waals surface area contributed by atoms with Gasteiger partial charge in [-0.15, -0.1) is 0 Å². The largest absolute Gasteiger partial charge is 0.378 e. The molecule has 1 N–H and O–H groups in total. The number of hydrogen-bond acceptors (Lipinski definition) is 3. The van der Waals surface area contributed by atoms with Gasteiger partial charge in [-0.3, -0.25) is 9.59 Å². The molecule has 32 heavy (non-hydrogen) atoms. The summed E-state index contributed by atoms with van der Waals surface area (Å²) >= 11 is 6.19. The summed E-state index contributed by atoms with van der Waals surface area (Å²) in [5.74, 6) is -0.987. The van der Waals surface area contributed by atoms with Crippen LogP contribution in [0.2, 0.25) is 5.02 Å². The summed E-state index contributed by atoms with van der Waals surface area (Å²) in [5, 5.41) is 3.17. The third-order valence-electron chi connectivity index (χ3n) is 5.58. The molecule has 7 heteroatoms. The van der Waals surface area contributed by atoms with Gasteiger partial charge >= 0.3 is 0 Å². The second-order valence-corrected chi connectivity index (χ2v) is 8.34. The topological polar surface area (TPSA) is 52.7 Å². The standard InChI is InChI=1S/C25H23ClFN3O2/c1-29(2)19-11-7-16(8-12-19)14-28-24(31)23-20-5-3-4-6-21(20)25(32)30(23)15-17-9-10-18(27)13-22(17)26/h3-13,23H,14-15H2,1-2H3,(H,28,31). The molecule has 0 spiro atoms. The second-order valence-electron chi connectivity index (χ2n) is 7.94. The first-order valence-corrected chi connectivity index (χ1v) is 10.6. The first-order chi connectivity index (χ1) is 15.3. The molecule has 164 valence electrons. The predicted molar refractivity (Wildman–Crippen MR) is 123 cm³/mol. The molecule has 1 atom stereocenters. The Hall–Kier alpha value is -3.38. The number of anilines is 1. The SMILES string of the molecule is CN(C)c1ccc(CNC(=O)C2c3ccccc3C(=O)N2Cc2ccc(F)cc2Cl)cc1. The van der Waals surface area contributed by atoms with E-state index in [0.717, 1.165) is 11.3 Å². The highest BCUT2D eigenvalue weighted by Crippen LogP contribution is 2.36. The van der Waals surface area contributed by atoms with Gasteiger partial charge in [-0.2, -0.15) is 0 Å². The Morgan fingerprint density at radius 2 is 1.81 bits per heavy atom. The van der Waals surface area contributed by atoms with Gasteiger partial charge in [-0.1, -0.05) is 48.0 Å². The normalized spacial score (nSPS) is 14.9. The molecule has 0 bridgehead atoms. The highest BCUT2D eigenvalue weighted by atomic mass is 35.5. The summed E-state index contributed by atoms with van der Waals surface area (Å²) in [5.41, 5.74) is 3.73. The maximum absolute atomic E-state index is 13.5. The highest BCUT2D eigenvalue weighted by molar-refractivity contribution is 6.31. The van der Waals surface area contributed by atoms with Gasteiger partial charge in [0.1, 0.15) is 11.9 Å². The molecule has 1 unspecified atom stereocenters. The first kappa shape index (κ1) is 21.8. The molecular formula is C25H23ClFN3O2. The smallest absolute Gasteiger partial charge is 0.255 e. The molecule has 3 aromatic rings. The fourth-order valence-electron chi connectivity index (χ4n) is 3.85. The molecule has 0 aliphatic carbocycles. The van der Waals surface area contributed by atoms with E-state index in [4.69, 9.17) is 11.6 Å². The molecule has 0 saturated carbocycles. The minimum atomic E-state index is -0.791. The van der Waals surface area contributed by atoms with Crippen molar-refractivity contribution in [1.82, 2.24) is 10.2 Å². The highest BCUT2D eigenvalue weighted by Gasteiger charge is 2.40. The van der Waals surface area contributed by atoms with Crippen LogP contribution >= 0.6 is 11.6 Å². The van der Waals surface area contributed by atoms with E-state index in [9.17, 15) is 14.0 Å². The number of nitrogens with zero attached hydrogens (tertiary/aromatic N) is 2. The van der Waals surface area contributed by atoms with Gasteiger partial charge in [-0.05, 0) is 47.0 Å². The molecular weight excluding hydrogens is 429 g/mol. The van der Waals surface area contributed by atoms with E-state index < -0.39 is 11.9 Å². The number of amides is 2. The molecule has 1 heterocycles. The van der Waals surface area contributed by atoms with Crippen LogP contribution in [0.15, 0.2) is 66.7 Å². The Labute approximate surface area is 191 Å². The van der Waals surface area contributed by atoms with Gasteiger partial charge in [0.05, 0.1) is 0 Å². The number of carbonyl (C=O) groups is 2. The molecule has 5 nitrogen and oxygen atoms in total. The lowest BCUT2D eigenvalue weighted by atomic mass is 10.0. The number of carbonyl (C=O) groups excluding carboxylic acids is 2. The van der Waals surface area contributed by atoms with Crippen LogP contribution in [0.4, 0.5) is 10.1 Å². The van der Waals surface area contributed by atoms with E-state index in [2.05, 4.69) is 5.32 Å². The molecule has 2 amide bonds. The van der Waals surface area contributed by atoms with Crippen LogP contribution in [0.1, 0.15) is 33.1 Å². The van der Waals surface area contributed by atoms with E-state index in [1.807, 2.05) is 43.3 Å². The van der Waals surface area contributed by atoms with Gasteiger partial charge in [0.15, 0.2) is 0 Å². The maximum atomic E-state index is 13.5. The summed E-state index contributed by atoms with van der Waals surface area (Å²) in [6, 6.07) is 18.2. The van der Waals surface area contributed by atoms with Crippen molar-refractivity contribution in [2.45, 2.75) is 19.1 Å². The summed E-state index contributed by atoms with van der Waals surface area (Å²) in [4.78, 5) is 29.8. The van der Waals surface area contributed by atoms with Gasteiger partial charge in [-0.25, -0.2) is 4.39 Å². The quantitative estimate of drug-likeness (QED) is 0.597. The van der Waals surface area contributed by atoms with Crippen molar-refractivity contribution in [3.05, 3.63) is 99.8 Å². The van der Waals surface area contributed by atoms with Gasteiger partial charge in [0.2, 0.25) is 5.91 Å². The summed E-state index contributed by atoms with van der Waals surface area (Å²) in [7, 11) is 3.93. The molecule has 0 radical (unpaired) electrons. The number of benzene rings is 3. The third-order valence-corrected chi connectivity index (χ3v) is 5.93. The number of fused-ring (bicyclic) bond motifs is 1. The van der Waals surface area contributed by atoms with Crippen molar-refractivity contribution in [3.8, 4) is 0 Å². The Balaban J connectivity index is 1.56. The first-order valence-electron chi connectivity index (χ1n) is 10.2. The average Bonchev–Trinajstić information content (AvgIpc) is 3.06. The van der Waals surface area contributed by atoms with Crippen molar-refractivity contribution >= 4 is 29.1 Å². The molecule has 0 fully saturated rings. The monoisotopic (exact) mass is 451 g/mol. The Morgan fingerprint density at radius 1 is 1.09 bits per heavy atom. The number of nitrogens with one attached hydrogen (secondary N) is 1. The van der Waals surface area contributed by atoms with Crippen molar-refractivity contribution in [2.75, 3.05) is 19.0 Å². The molecule has 4 rings (SSSR count). The Morgan fingerprint density at radius 3 is 2.50 bits per heavy atom. The third kappa shape index (κ3) is 4.32. The maximum Gasteiger partial charge on any atom is 0.255 e. The number of rotatable bonds is 6.